The van der Waals surface area contributed by atoms with Gasteiger partial charge in [-0.15, -0.1) is 11.8 Å². The molecule has 0 aliphatic carbocycles. The van der Waals surface area contributed by atoms with Crippen LogP contribution in [0.3, 0.4) is 0 Å². The Kier molecular flexibility index (Phi) is 6.76. The summed E-state index contributed by atoms with van der Waals surface area (Å²) in [5.74, 6) is 1.08. The van der Waals surface area contributed by atoms with Crippen molar-refractivity contribution in [1.29, 1.82) is 0 Å². The van der Waals surface area contributed by atoms with Crippen LogP contribution in [0, 0.1) is 0 Å². The fraction of sp³-hybridized carbons (Fsp3) is 0.211. The van der Waals surface area contributed by atoms with Gasteiger partial charge in [0.25, 0.3) is 0 Å². The number of carbonyl (C=O) groups excluding carboxylic acids is 1. The maximum absolute atomic E-state index is 12.2. The lowest BCUT2D eigenvalue weighted by Gasteiger charge is -2.08. The summed E-state index contributed by atoms with van der Waals surface area (Å²) in [6.07, 6.45) is 1.87. The summed E-state index contributed by atoms with van der Waals surface area (Å²) in [4.78, 5) is 13.3. The molecule has 0 spiro atoms. The van der Waals surface area contributed by atoms with E-state index in [0.29, 0.717) is 17.9 Å². The molecule has 0 fully saturated rings. The fourth-order valence-electron chi connectivity index (χ4n) is 1.96. The van der Waals surface area contributed by atoms with Crippen molar-refractivity contribution in [2.45, 2.75) is 11.8 Å². The Morgan fingerprint density at radius 3 is 2.39 bits per heavy atom. The largest absolute Gasteiger partial charge is 0.497 e. The monoisotopic (exact) mass is 328 g/mol. The van der Waals surface area contributed by atoms with Crippen LogP contribution in [0.25, 0.3) is 6.08 Å². The summed E-state index contributed by atoms with van der Waals surface area (Å²) >= 11 is 1.62. The van der Waals surface area contributed by atoms with E-state index >= 15 is 0 Å². The summed E-state index contributed by atoms with van der Waals surface area (Å²) < 4.78 is 10.3. The van der Waals surface area contributed by atoms with Crippen molar-refractivity contribution in [3.05, 3.63) is 65.7 Å². The summed E-state index contributed by atoms with van der Waals surface area (Å²) in [6.45, 7) is 2.18. The predicted octanol–water partition coefficient (Wildman–Crippen LogP) is 4.43. The normalized spacial score (nSPS) is 11.1. The standard InChI is InChI=1S/C19H20O3S/c1-3-22-19(20)16(14-23-18-7-5-4-6-8-18)13-15-9-11-17(21-2)12-10-15/h4-13H,3,14H2,1-2H3/b16-13+. The molecule has 4 heteroatoms. The Hall–Kier alpha value is -2.20. The summed E-state index contributed by atoms with van der Waals surface area (Å²) in [7, 11) is 1.63. The van der Waals surface area contributed by atoms with Crippen LogP contribution in [-0.4, -0.2) is 25.4 Å². The van der Waals surface area contributed by atoms with Gasteiger partial charge >= 0.3 is 5.97 Å². The first-order valence-electron chi connectivity index (χ1n) is 7.42. The molecule has 2 rings (SSSR count). The van der Waals surface area contributed by atoms with Crippen molar-refractivity contribution in [2.24, 2.45) is 0 Å². The summed E-state index contributed by atoms with van der Waals surface area (Å²) in [5.41, 5.74) is 1.59. The molecule has 120 valence electrons. The number of methoxy groups -OCH3 is 1. The SMILES string of the molecule is CCOC(=O)/C(=C/c1ccc(OC)cc1)CSc1ccccc1. The molecular weight excluding hydrogens is 308 g/mol. The molecule has 0 heterocycles. The molecule has 0 aromatic heterocycles. The van der Waals surface area contributed by atoms with Gasteiger partial charge in [-0.2, -0.15) is 0 Å². The van der Waals surface area contributed by atoms with Crippen molar-refractivity contribution in [1.82, 2.24) is 0 Å². The van der Waals surface area contributed by atoms with Crippen LogP contribution in [0.5, 0.6) is 5.75 Å². The quantitative estimate of drug-likeness (QED) is 0.428. The van der Waals surface area contributed by atoms with E-state index in [0.717, 1.165) is 16.2 Å². The lowest BCUT2D eigenvalue weighted by atomic mass is 10.1. The van der Waals surface area contributed by atoms with Crippen molar-refractivity contribution in [2.75, 3.05) is 19.5 Å². The minimum absolute atomic E-state index is 0.272. The average molecular weight is 328 g/mol. The van der Waals surface area contributed by atoms with Crippen molar-refractivity contribution >= 4 is 23.8 Å². The van der Waals surface area contributed by atoms with E-state index in [-0.39, 0.29) is 5.97 Å². The number of rotatable bonds is 7. The molecule has 0 aliphatic heterocycles. The molecular formula is C19H20O3S. The second-order valence-electron chi connectivity index (χ2n) is 4.76. The number of esters is 1. The zero-order chi connectivity index (χ0) is 16.5. The molecule has 0 bridgehead atoms. The van der Waals surface area contributed by atoms with Crippen molar-refractivity contribution in [3.63, 3.8) is 0 Å². The molecule has 0 saturated carbocycles. The molecule has 2 aromatic rings. The van der Waals surface area contributed by atoms with Crippen LogP contribution in [0.4, 0.5) is 0 Å². The van der Waals surface area contributed by atoms with Gasteiger partial charge in [-0.05, 0) is 42.8 Å². The van der Waals surface area contributed by atoms with Crippen LogP contribution in [0.2, 0.25) is 0 Å². The number of carbonyl (C=O) groups is 1. The second-order valence-corrected chi connectivity index (χ2v) is 5.81. The van der Waals surface area contributed by atoms with E-state index in [4.69, 9.17) is 9.47 Å². The van der Waals surface area contributed by atoms with Gasteiger partial charge in [-0.1, -0.05) is 30.3 Å². The lowest BCUT2D eigenvalue weighted by molar-refractivity contribution is -0.138. The van der Waals surface area contributed by atoms with E-state index in [1.807, 2.05) is 67.6 Å². The summed E-state index contributed by atoms with van der Waals surface area (Å²) in [5, 5.41) is 0. The molecule has 0 atom stereocenters. The fourth-order valence-corrected chi connectivity index (χ4v) is 2.84. The third-order valence-electron chi connectivity index (χ3n) is 3.13. The Bertz CT molecular complexity index is 648. The Morgan fingerprint density at radius 1 is 1.09 bits per heavy atom. The van der Waals surface area contributed by atoms with Crippen LogP contribution < -0.4 is 4.74 Å². The second kappa shape index (κ2) is 9.06. The minimum atomic E-state index is -0.272. The van der Waals surface area contributed by atoms with Crippen LogP contribution in [-0.2, 0) is 9.53 Å². The van der Waals surface area contributed by atoms with Gasteiger partial charge in [0.1, 0.15) is 5.75 Å². The van der Waals surface area contributed by atoms with E-state index in [9.17, 15) is 4.79 Å². The minimum Gasteiger partial charge on any atom is -0.497 e. The maximum atomic E-state index is 12.2. The Morgan fingerprint density at radius 2 is 1.78 bits per heavy atom. The van der Waals surface area contributed by atoms with Gasteiger partial charge < -0.3 is 9.47 Å². The highest BCUT2D eigenvalue weighted by molar-refractivity contribution is 7.99. The molecule has 0 amide bonds. The lowest BCUT2D eigenvalue weighted by Crippen LogP contribution is -2.09. The molecule has 3 nitrogen and oxygen atoms in total. The van der Waals surface area contributed by atoms with E-state index in [2.05, 4.69) is 0 Å². The van der Waals surface area contributed by atoms with Gasteiger partial charge in [0, 0.05) is 16.2 Å². The van der Waals surface area contributed by atoms with Gasteiger partial charge in [0.2, 0.25) is 0 Å². The maximum Gasteiger partial charge on any atom is 0.334 e. The van der Waals surface area contributed by atoms with E-state index < -0.39 is 0 Å². The van der Waals surface area contributed by atoms with Crippen molar-refractivity contribution < 1.29 is 14.3 Å². The first-order chi connectivity index (χ1) is 11.2. The molecule has 0 saturated heterocycles. The Labute approximate surface area is 141 Å². The molecule has 0 aliphatic rings. The average Bonchev–Trinajstić information content (AvgIpc) is 2.60. The number of hydrogen-bond donors (Lipinski definition) is 0. The highest BCUT2D eigenvalue weighted by atomic mass is 32.2. The number of benzene rings is 2. The van der Waals surface area contributed by atoms with E-state index in [1.165, 1.54) is 0 Å². The first-order valence-corrected chi connectivity index (χ1v) is 8.41. The van der Waals surface area contributed by atoms with Gasteiger partial charge in [0.15, 0.2) is 0 Å². The molecule has 0 radical (unpaired) electrons. The highest BCUT2D eigenvalue weighted by Crippen LogP contribution is 2.22. The molecule has 23 heavy (non-hydrogen) atoms. The van der Waals surface area contributed by atoms with Crippen LogP contribution in [0.1, 0.15) is 12.5 Å². The van der Waals surface area contributed by atoms with Gasteiger partial charge in [0.05, 0.1) is 13.7 Å². The number of hydrogen-bond acceptors (Lipinski definition) is 4. The third-order valence-corrected chi connectivity index (χ3v) is 4.19. The van der Waals surface area contributed by atoms with Crippen LogP contribution in [0.15, 0.2) is 65.1 Å². The Balaban J connectivity index is 2.15. The zero-order valence-corrected chi connectivity index (χ0v) is 14.1. The van der Waals surface area contributed by atoms with E-state index in [1.54, 1.807) is 18.9 Å². The molecule has 2 aromatic carbocycles. The van der Waals surface area contributed by atoms with Gasteiger partial charge in [-0.3, -0.25) is 0 Å². The third kappa shape index (κ3) is 5.49. The number of ether oxygens (including phenoxy) is 2. The number of thioether (sulfide) groups is 1. The predicted molar refractivity (Wildman–Crippen MR) is 94.8 cm³/mol. The van der Waals surface area contributed by atoms with Gasteiger partial charge in [-0.25, -0.2) is 4.79 Å². The topological polar surface area (TPSA) is 35.5 Å². The summed E-state index contributed by atoms with van der Waals surface area (Å²) in [6, 6.07) is 17.6. The highest BCUT2D eigenvalue weighted by Gasteiger charge is 2.11. The molecule has 0 N–H and O–H groups in total. The smallest absolute Gasteiger partial charge is 0.334 e. The zero-order valence-electron chi connectivity index (χ0n) is 13.3. The van der Waals surface area contributed by atoms with Crippen LogP contribution >= 0.6 is 11.8 Å². The van der Waals surface area contributed by atoms with Crippen molar-refractivity contribution in [3.8, 4) is 5.75 Å². The molecule has 0 unspecified atom stereocenters. The first kappa shape index (κ1) is 17.2.